The Morgan fingerprint density at radius 1 is 1.29 bits per heavy atom. The first-order valence-electron chi connectivity index (χ1n) is 7.69. The molecule has 0 bridgehead atoms. The number of methoxy groups -OCH3 is 1. The standard InChI is InChI=1S/C17H28N2O2/c1-5-9-17(12-18,10-6-2)16(20)19-15-8-7-14(21-4)11-13(15)3/h7-8,11H,5-6,9-10,12,18H2,1-4H3,(H,19,20). The Morgan fingerprint density at radius 2 is 1.90 bits per heavy atom. The van der Waals surface area contributed by atoms with Crippen molar-refractivity contribution in [2.45, 2.75) is 46.5 Å². The van der Waals surface area contributed by atoms with Gasteiger partial charge in [0.1, 0.15) is 5.75 Å². The number of hydrogen-bond donors (Lipinski definition) is 2. The van der Waals surface area contributed by atoms with Crippen LogP contribution in [0.15, 0.2) is 18.2 Å². The second-order valence-electron chi connectivity index (χ2n) is 5.62. The molecule has 0 saturated heterocycles. The fourth-order valence-electron chi connectivity index (χ4n) is 2.76. The number of carbonyl (C=O) groups excluding carboxylic acids is 1. The highest BCUT2D eigenvalue weighted by atomic mass is 16.5. The SMILES string of the molecule is CCCC(CN)(CCC)C(=O)Nc1ccc(OC)cc1C. The number of hydrogen-bond acceptors (Lipinski definition) is 3. The van der Waals surface area contributed by atoms with Gasteiger partial charge >= 0.3 is 0 Å². The van der Waals surface area contributed by atoms with Gasteiger partial charge in [-0.2, -0.15) is 0 Å². The molecule has 0 unspecified atom stereocenters. The summed E-state index contributed by atoms with van der Waals surface area (Å²) in [7, 11) is 1.63. The lowest BCUT2D eigenvalue weighted by Gasteiger charge is -2.31. The number of aryl methyl sites for hydroxylation is 1. The van der Waals surface area contributed by atoms with Crippen LogP contribution in [-0.4, -0.2) is 19.6 Å². The van der Waals surface area contributed by atoms with E-state index in [0.29, 0.717) is 6.54 Å². The van der Waals surface area contributed by atoms with Crippen molar-refractivity contribution in [1.29, 1.82) is 0 Å². The van der Waals surface area contributed by atoms with E-state index in [9.17, 15) is 4.79 Å². The summed E-state index contributed by atoms with van der Waals surface area (Å²) in [6.07, 6.45) is 3.54. The molecule has 21 heavy (non-hydrogen) atoms. The molecule has 0 heterocycles. The smallest absolute Gasteiger partial charge is 0.231 e. The Balaban J connectivity index is 2.95. The van der Waals surface area contributed by atoms with Crippen molar-refractivity contribution in [3.8, 4) is 5.75 Å². The van der Waals surface area contributed by atoms with Crippen LogP contribution in [0.5, 0.6) is 5.75 Å². The zero-order chi connectivity index (χ0) is 15.9. The van der Waals surface area contributed by atoms with Crippen LogP contribution in [0, 0.1) is 12.3 Å². The summed E-state index contributed by atoms with van der Waals surface area (Å²) in [4.78, 5) is 12.7. The van der Waals surface area contributed by atoms with E-state index in [1.807, 2.05) is 25.1 Å². The van der Waals surface area contributed by atoms with Crippen LogP contribution < -0.4 is 15.8 Å². The maximum atomic E-state index is 12.7. The monoisotopic (exact) mass is 292 g/mol. The van der Waals surface area contributed by atoms with Gasteiger partial charge in [-0.25, -0.2) is 0 Å². The highest BCUT2D eigenvalue weighted by Crippen LogP contribution is 2.31. The van der Waals surface area contributed by atoms with Crippen LogP contribution in [-0.2, 0) is 4.79 Å². The molecule has 0 fully saturated rings. The minimum atomic E-state index is -0.462. The van der Waals surface area contributed by atoms with Crippen molar-refractivity contribution in [2.75, 3.05) is 19.0 Å². The van der Waals surface area contributed by atoms with Gasteiger partial charge in [-0.1, -0.05) is 26.7 Å². The summed E-state index contributed by atoms with van der Waals surface area (Å²) >= 11 is 0. The topological polar surface area (TPSA) is 64.4 Å². The van der Waals surface area contributed by atoms with Gasteiger partial charge in [0.05, 0.1) is 12.5 Å². The second kappa shape index (κ2) is 8.03. The first kappa shape index (κ1) is 17.5. The largest absolute Gasteiger partial charge is 0.497 e. The van der Waals surface area contributed by atoms with Crippen LogP contribution in [0.1, 0.15) is 45.1 Å². The number of carbonyl (C=O) groups is 1. The van der Waals surface area contributed by atoms with Gasteiger partial charge in [-0.05, 0) is 43.5 Å². The molecule has 3 N–H and O–H groups in total. The Kier molecular flexibility index (Phi) is 6.69. The van der Waals surface area contributed by atoms with Crippen molar-refractivity contribution in [3.63, 3.8) is 0 Å². The maximum Gasteiger partial charge on any atom is 0.231 e. The summed E-state index contributed by atoms with van der Waals surface area (Å²) in [5.74, 6) is 0.819. The van der Waals surface area contributed by atoms with Gasteiger partial charge in [0, 0.05) is 12.2 Å². The lowest BCUT2D eigenvalue weighted by Crippen LogP contribution is -2.42. The molecule has 1 rings (SSSR count). The number of benzene rings is 1. The van der Waals surface area contributed by atoms with E-state index in [4.69, 9.17) is 10.5 Å². The van der Waals surface area contributed by atoms with Crippen molar-refractivity contribution >= 4 is 11.6 Å². The minimum Gasteiger partial charge on any atom is -0.497 e. The molecule has 4 heteroatoms. The van der Waals surface area contributed by atoms with Gasteiger partial charge < -0.3 is 15.8 Å². The predicted octanol–water partition coefficient (Wildman–Crippen LogP) is 3.49. The fraction of sp³-hybridized carbons (Fsp3) is 0.588. The van der Waals surface area contributed by atoms with Gasteiger partial charge in [0.2, 0.25) is 5.91 Å². The van der Waals surface area contributed by atoms with E-state index in [1.54, 1.807) is 7.11 Å². The first-order chi connectivity index (χ1) is 10.0. The predicted molar refractivity (Wildman–Crippen MR) is 87.7 cm³/mol. The molecular weight excluding hydrogens is 264 g/mol. The van der Waals surface area contributed by atoms with E-state index >= 15 is 0 Å². The summed E-state index contributed by atoms with van der Waals surface area (Å²) in [6, 6.07) is 5.65. The van der Waals surface area contributed by atoms with Crippen LogP contribution in [0.25, 0.3) is 0 Å². The third-order valence-electron chi connectivity index (χ3n) is 4.01. The fourth-order valence-corrected chi connectivity index (χ4v) is 2.76. The molecule has 0 aliphatic rings. The Bertz CT molecular complexity index is 466. The van der Waals surface area contributed by atoms with E-state index < -0.39 is 5.41 Å². The second-order valence-corrected chi connectivity index (χ2v) is 5.62. The van der Waals surface area contributed by atoms with E-state index in [0.717, 1.165) is 42.7 Å². The number of nitrogens with one attached hydrogen (secondary N) is 1. The number of rotatable bonds is 8. The number of anilines is 1. The average Bonchev–Trinajstić information content (AvgIpc) is 2.48. The highest BCUT2D eigenvalue weighted by Gasteiger charge is 2.35. The van der Waals surface area contributed by atoms with Crippen molar-refractivity contribution in [1.82, 2.24) is 0 Å². The third kappa shape index (κ3) is 4.21. The third-order valence-corrected chi connectivity index (χ3v) is 4.01. The molecule has 118 valence electrons. The molecule has 1 amide bonds. The normalized spacial score (nSPS) is 11.3. The summed E-state index contributed by atoms with van der Waals surface area (Å²) in [5, 5.41) is 3.05. The summed E-state index contributed by atoms with van der Waals surface area (Å²) in [6.45, 7) is 6.52. The number of ether oxygens (including phenoxy) is 1. The molecule has 0 saturated carbocycles. The Hall–Kier alpha value is -1.55. The molecule has 0 spiro atoms. The van der Waals surface area contributed by atoms with Crippen LogP contribution in [0.2, 0.25) is 0 Å². The minimum absolute atomic E-state index is 0.0296. The van der Waals surface area contributed by atoms with Gasteiger partial charge in [0.25, 0.3) is 0 Å². The molecule has 0 aromatic heterocycles. The molecule has 0 atom stereocenters. The molecular formula is C17H28N2O2. The van der Waals surface area contributed by atoms with Gasteiger partial charge in [0.15, 0.2) is 0 Å². The van der Waals surface area contributed by atoms with Crippen molar-refractivity contribution in [2.24, 2.45) is 11.1 Å². The van der Waals surface area contributed by atoms with Crippen LogP contribution in [0.4, 0.5) is 5.69 Å². The number of nitrogens with two attached hydrogens (primary N) is 1. The summed E-state index contributed by atoms with van der Waals surface area (Å²) < 4.78 is 5.19. The zero-order valence-corrected chi connectivity index (χ0v) is 13.7. The Labute approximate surface area is 128 Å². The van der Waals surface area contributed by atoms with Crippen LogP contribution in [0.3, 0.4) is 0 Å². The van der Waals surface area contributed by atoms with E-state index in [-0.39, 0.29) is 5.91 Å². The molecule has 0 aliphatic carbocycles. The number of amides is 1. The van der Waals surface area contributed by atoms with Crippen molar-refractivity contribution in [3.05, 3.63) is 23.8 Å². The maximum absolute atomic E-state index is 12.7. The lowest BCUT2D eigenvalue weighted by atomic mass is 9.78. The lowest BCUT2D eigenvalue weighted by molar-refractivity contribution is -0.126. The Morgan fingerprint density at radius 3 is 2.33 bits per heavy atom. The quantitative estimate of drug-likeness (QED) is 0.771. The van der Waals surface area contributed by atoms with E-state index in [1.165, 1.54) is 0 Å². The zero-order valence-electron chi connectivity index (χ0n) is 13.7. The highest BCUT2D eigenvalue weighted by molar-refractivity contribution is 5.96. The van der Waals surface area contributed by atoms with Crippen LogP contribution >= 0.6 is 0 Å². The van der Waals surface area contributed by atoms with Crippen molar-refractivity contribution < 1.29 is 9.53 Å². The molecule has 0 radical (unpaired) electrons. The average molecular weight is 292 g/mol. The van der Waals surface area contributed by atoms with Gasteiger partial charge in [-0.3, -0.25) is 4.79 Å². The summed E-state index contributed by atoms with van der Waals surface area (Å²) in [5.41, 5.74) is 7.29. The first-order valence-corrected chi connectivity index (χ1v) is 7.69. The van der Waals surface area contributed by atoms with Gasteiger partial charge in [-0.15, -0.1) is 0 Å². The molecule has 1 aromatic rings. The van der Waals surface area contributed by atoms with E-state index in [2.05, 4.69) is 19.2 Å². The molecule has 0 aliphatic heterocycles. The molecule has 1 aromatic carbocycles. The molecule has 4 nitrogen and oxygen atoms in total.